The van der Waals surface area contributed by atoms with Crippen LogP contribution in [-0.4, -0.2) is 36.0 Å². The highest BCUT2D eigenvalue weighted by atomic mass is 32.2. The molecule has 2 N–H and O–H groups in total. The second-order valence-corrected chi connectivity index (χ2v) is 7.20. The zero-order chi connectivity index (χ0) is 14.9. The molecule has 0 unspecified atom stereocenters. The number of nitrogens with zero attached hydrogens (tertiary/aromatic N) is 2. The first-order valence-electron chi connectivity index (χ1n) is 6.81. The molecule has 0 amide bonds. The van der Waals surface area contributed by atoms with E-state index in [1.54, 1.807) is 18.3 Å². The van der Waals surface area contributed by atoms with E-state index < -0.39 is 10.0 Å². The van der Waals surface area contributed by atoms with Gasteiger partial charge in [0.25, 0.3) is 10.0 Å². The van der Waals surface area contributed by atoms with Crippen molar-refractivity contribution < 1.29 is 12.8 Å². The summed E-state index contributed by atoms with van der Waals surface area (Å²) in [7, 11) is -2.09. The van der Waals surface area contributed by atoms with Gasteiger partial charge in [0, 0.05) is 25.2 Å². The summed E-state index contributed by atoms with van der Waals surface area (Å²) in [6.45, 7) is 0.689. The zero-order valence-corrected chi connectivity index (χ0v) is 12.6. The zero-order valence-electron chi connectivity index (χ0n) is 11.7. The third-order valence-electron chi connectivity index (χ3n) is 3.46. The van der Waals surface area contributed by atoms with Crippen LogP contribution in [0.25, 0.3) is 0 Å². The minimum Gasteiger partial charge on any atom is -0.468 e. The summed E-state index contributed by atoms with van der Waals surface area (Å²) in [5.41, 5.74) is 0.660. The second kappa shape index (κ2) is 5.63. The fourth-order valence-corrected chi connectivity index (χ4v) is 3.29. The molecule has 114 valence electrons. The molecule has 2 aromatic rings. The molecule has 0 saturated heterocycles. The molecule has 0 bridgehead atoms. The molecule has 1 aliphatic rings. The maximum Gasteiger partial charge on any atom is 0.260 e. The molecule has 21 heavy (non-hydrogen) atoms. The molecule has 0 atom stereocenters. The number of aromatic amines is 1. The third kappa shape index (κ3) is 3.17. The van der Waals surface area contributed by atoms with E-state index in [9.17, 15) is 8.42 Å². The summed E-state index contributed by atoms with van der Waals surface area (Å²) in [4.78, 5) is 0. The Morgan fingerprint density at radius 2 is 2.33 bits per heavy atom. The van der Waals surface area contributed by atoms with Gasteiger partial charge in [0.2, 0.25) is 0 Å². The van der Waals surface area contributed by atoms with Crippen molar-refractivity contribution in [1.29, 1.82) is 0 Å². The molecule has 0 spiro atoms. The van der Waals surface area contributed by atoms with Crippen molar-refractivity contribution in [2.45, 2.75) is 37.0 Å². The van der Waals surface area contributed by atoms with Gasteiger partial charge in [-0.25, -0.2) is 8.42 Å². The molecule has 1 aliphatic carbocycles. The van der Waals surface area contributed by atoms with Crippen LogP contribution in [-0.2, 0) is 23.1 Å². The van der Waals surface area contributed by atoms with Gasteiger partial charge in [-0.3, -0.25) is 5.10 Å². The fourth-order valence-electron chi connectivity index (χ4n) is 2.05. The predicted octanol–water partition coefficient (Wildman–Crippen LogP) is 1.08. The van der Waals surface area contributed by atoms with Crippen LogP contribution >= 0.6 is 0 Å². The lowest BCUT2D eigenvalue weighted by molar-refractivity contribution is 0.404. The van der Waals surface area contributed by atoms with Crippen LogP contribution in [0.2, 0.25) is 0 Å². The fraction of sp³-hybridized carbons (Fsp3) is 0.462. The second-order valence-electron chi connectivity index (χ2n) is 5.22. The molecular weight excluding hydrogens is 292 g/mol. The van der Waals surface area contributed by atoms with Crippen molar-refractivity contribution in [1.82, 2.24) is 19.8 Å². The lowest BCUT2D eigenvalue weighted by Gasteiger charge is -2.15. The molecule has 0 radical (unpaired) electrons. The molecule has 0 aliphatic heterocycles. The van der Waals surface area contributed by atoms with Gasteiger partial charge < -0.3 is 9.73 Å². The Balaban J connectivity index is 1.75. The standard InChI is InChI=1S/C13H18N4O3S/c1-17(9-12-3-2-6-20-12)21(18,19)13-10(8-15-16-13)7-14-11-4-5-11/h2-3,6,8,11,14H,4-5,7,9H2,1H3,(H,15,16). The first-order valence-corrected chi connectivity index (χ1v) is 8.26. The van der Waals surface area contributed by atoms with E-state index in [2.05, 4.69) is 15.5 Å². The van der Waals surface area contributed by atoms with E-state index in [1.165, 1.54) is 17.6 Å². The largest absolute Gasteiger partial charge is 0.468 e. The number of nitrogens with one attached hydrogen (secondary N) is 2. The number of aromatic nitrogens is 2. The maximum atomic E-state index is 12.6. The number of rotatable bonds is 7. The van der Waals surface area contributed by atoms with E-state index >= 15 is 0 Å². The van der Waals surface area contributed by atoms with Gasteiger partial charge in [0.1, 0.15) is 5.76 Å². The highest BCUT2D eigenvalue weighted by Crippen LogP contribution is 2.22. The predicted molar refractivity (Wildman–Crippen MR) is 75.8 cm³/mol. The highest BCUT2D eigenvalue weighted by molar-refractivity contribution is 7.89. The summed E-state index contributed by atoms with van der Waals surface area (Å²) < 4.78 is 31.6. The van der Waals surface area contributed by atoms with Crippen molar-refractivity contribution in [2.24, 2.45) is 0 Å². The monoisotopic (exact) mass is 310 g/mol. The van der Waals surface area contributed by atoms with Crippen molar-refractivity contribution in [3.8, 4) is 0 Å². The summed E-state index contributed by atoms with van der Waals surface area (Å²) >= 11 is 0. The average Bonchev–Trinajstić information content (AvgIpc) is 2.93. The summed E-state index contributed by atoms with van der Waals surface area (Å²) in [6.07, 6.45) is 5.39. The molecule has 0 aromatic carbocycles. The smallest absolute Gasteiger partial charge is 0.260 e. The Morgan fingerprint density at radius 1 is 1.52 bits per heavy atom. The minimum absolute atomic E-state index is 0.143. The van der Waals surface area contributed by atoms with Gasteiger partial charge in [-0.2, -0.15) is 9.40 Å². The van der Waals surface area contributed by atoms with Gasteiger partial charge >= 0.3 is 0 Å². The molecule has 2 aromatic heterocycles. The SMILES string of the molecule is CN(Cc1ccco1)S(=O)(=O)c1[nH]ncc1CNC1CC1. The first kappa shape index (κ1) is 14.3. The normalized spacial score (nSPS) is 15.7. The Labute approximate surface area is 123 Å². The molecule has 1 saturated carbocycles. The number of furan rings is 1. The Morgan fingerprint density at radius 3 is 3.00 bits per heavy atom. The van der Waals surface area contributed by atoms with E-state index in [0.717, 1.165) is 12.8 Å². The van der Waals surface area contributed by atoms with Crippen LogP contribution in [0, 0.1) is 0 Å². The first-order chi connectivity index (χ1) is 10.1. The Hall–Kier alpha value is -1.64. The van der Waals surface area contributed by atoms with Crippen LogP contribution in [0.4, 0.5) is 0 Å². The minimum atomic E-state index is -3.61. The molecular formula is C13H18N4O3S. The van der Waals surface area contributed by atoms with Gasteiger partial charge in [-0.15, -0.1) is 0 Å². The quantitative estimate of drug-likeness (QED) is 0.798. The number of hydrogen-bond donors (Lipinski definition) is 2. The van der Waals surface area contributed by atoms with Crippen LogP contribution in [0.3, 0.4) is 0 Å². The van der Waals surface area contributed by atoms with Crippen molar-refractivity contribution >= 4 is 10.0 Å². The van der Waals surface area contributed by atoms with Gasteiger partial charge in [-0.1, -0.05) is 0 Å². The van der Waals surface area contributed by atoms with E-state index in [1.807, 2.05) is 0 Å². The number of sulfonamides is 1. The van der Waals surface area contributed by atoms with Gasteiger partial charge in [0.15, 0.2) is 5.03 Å². The van der Waals surface area contributed by atoms with Crippen molar-refractivity contribution in [2.75, 3.05) is 7.05 Å². The van der Waals surface area contributed by atoms with Crippen molar-refractivity contribution in [3.63, 3.8) is 0 Å². The molecule has 8 heteroatoms. The third-order valence-corrected chi connectivity index (χ3v) is 5.28. The van der Waals surface area contributed by atoms with Gasteiger partial charge in [0.05, 0.1) is 19.0 Å². The number of H-pyrrole nitrogens is 1. The molecule has 3 rings (SSSR count). The van der Waals surface area contributed by atoms with Crippen LogP contribution < -0.4 is 5.32 Å². The lowest BCUT2D eigenvalue weighted by Crippen LogP contribution is -2.28. The maximum absolute atomic E-state index is 12.6. The Bertz CT molecular complexity index is 689. The van der Waals surface area contributed by atoms with E-state index in [4.69, 9.17) is 4.42 Å². The van der Waals surface area contributed by atoms with Gasteiger partial charge in [-0.05, 0) is 25.0 Å². The lowest BCUT2D eigenvalue weighted by atomic mass is 10.3. The highest BCUT2D eigenvalue weighted by Gasteiger charge is 2.28. The molecule has 1 fully saturated rings. The van der Waals surface area contributed by atoms with Crippen molar-refractivity contribution in [3.05, 3.63) is 35.9 Å². The average molecular weight is 310 g/mol. The number of hydrogen-bond acceptors (Lipinski definition) is 5. The van der Waals surface area contributed by atoms with Crippen LogP contribution in [0.1, 0.15) is 24.2 Å². The summed E-state index contributed by atoms with van der Waals surface area (Å²) in [5, 5.41) is 9.91. The summed E-state index contributed by atoms with van der Waals surface area (Å²) in [6, 6.07) is 3.99. The summed E-state index contributed by atoms with van der Waals surface area (Å²) in [5.74, 6) is 0.596. The molecule has 2 heterocycles. The van der Waals surface area contributed by atoms with E-state index in [-0.39, 0.29) is 11.6 Å². The topological polar surface area (TPSA) is 91.2 Å². The molecule has 7 nitrogen and oxygen atoms in total. The van der Waals surface area contributed by atoms with Crippen LogP contribution in [0.15, 0.2) is 34.0 Å². The van der Waals surface area contributed by atoms with Crippen LogP contribution in [0.5, 0.6) is 0 Å². The Kier molecular flexibility index (Phi) is 3.83. The van der Waals surface area contributed by atoms with E-state index in [0.29, 0.717) is 23.9 Å².